The molecule has 6 nitrogen and oxygen atoms in total. The largest absolute Gasteiger partial charge is 0.496 e. The molecule has 0 atom stereocenters. The highest BCUT2D eigenvalue weighted by Gasteiger charge is 2.15. The van der Waals surface area contributed by atoms with Gasteiger partial charge in [0.05, 0.1) is 19.7 Å². The van der Waals surface area contributed by atoms with Gasteiger partial charge in [-0.25, -0.2) is 9.67 Å². The van der Waals surface area contributed by atoms with Crippen LogP contribution in [0, 0.1) is 0 Å². The van der Waals surface area contributed by atoms with Gasteiger partial charge >= 0.3 is 0 Å². The highest BCUT2D eigenvalue weighted by molar-refractivity contribution is 14.1. The molecule has 2 aromatic heterocycles. The second kappa shape index (κ2) is 7.47. The van der Waals surface area contributed by atoms with Crippen LogP contribution in [0.25, 0.3) is 16.7 Å². The molecule has 0 amide bonds. The van der Waals surface area contributed by atoms with E-state index in [1.165, 1.54) is 0 Å². The van der Waals surface area contributed by atoms with Gasteiger partial charge in [-0.2, -0.15) is 0 Å². The van der Waals surface area contributed by atoms with Gasteiger partial charge in [0, 0.05) is 39.7 Å². The molecule has 0 saturated carbocycles. The fraction of sp³-hybridized carbons (Fsp3) is 0.333. The standard InChI is InChI=1S/C18H21IN4O2/c1-11(2)20-16-7-8-23(22-16)17-9-15(25-4)12-5-6-14(24-3)13(10-19)18(12)21-17/h5-9,11H,10H2,1-4H3,(H,20,22). The van der Waals surface area contributed by atoms with E-state index in [9.17, 15) is 0 Å². The van der Waals surface area contributed by atoms with Crippen LogP contribution < -0.4 is 14.8 Å². The van der Waals surface area contributed by atoms with E-state index >= 15 is 0 Å². The molecule has 0 bridgehead atoms. The summed E-state index contributed by atoms with van der Waals surface area (Å²) in [5.74, 6) is 3.12. The van der Waals surface area contributed by atoms with Crippen LogP contribution in [-0.2, 0) is 4.43 Å². The van der Waals surface area contributed by atoms with Gasteiger partial charge in [-0.3, -0.25) is 0 Å². The van der Waals surface area contributed by atoms with Crippen molar-refractivity contribution in [2.24, 2.45) is 0 Å². The summed E-state index contributed by atoms with van der Waals surface area (Å²) >= 11 is 2.32. The van der Waals surface area contributed by atoms with Crippen molar-refractivity contribution in [3.8, 4) is 17.3 Å². The first-order valence-electron chi connectivity index (χ1n) is 8.00. The van der Waals surface area contributed by atoms with Crippen molar-refractivity contribution < 1.29 is 9.47 Å². The molecule has 25 heavy (non-hydrogen) atoms. The highest BCUT2D eigenvalue weighted by Crippen LogP contribution is 2.34. The third-order valence-electron chi connectivity index (χ3n) is 3.83. The molecule has 3 aromatic rings. The van der Waals surface area contributed by atoms with Crippen LogP contribution in [0.1, 0.15) is 19.4 Å². The van der Waals surface area contributed by atoms with Crippen LogP contribution in [0.5, 0.6) is 11.5 Å². The van der Waals surface area contributed by atoms with E-state index in [0.717, 1.165) is 38.2 Å². The molecule has 7 heteroatoms. The van der Waals surface area contributed by atoms with Gasteiger partial charge in [0.15, 0.2) is 5.82 Å². The van der Waals surface area contributed by atoms with E-state index in [1.807, 2.05) is 30.5 Å². The number of methoxy groups -OCH3 is 2. The van der Waals surface area contributed by atoms with Crippen LogP contribution in [0.3, 0.4) is 0 Å². The molecule has 2 heterocycles. The minimum Gasteiger partial charge on any atom is -0.496 e. The van der Waals surface area contributed by atoms with Crippen molar-refractivity contribution in [2.45, 2.75) is 24.3 Å². The zero-order valence-corrected chi connectivity index (χ0v) is 16.9. The van der Waals surface area contributed by atoms with Crippen LogP contribution in [-0.4, -0.2) is 35.0 Å². The molecule has 0 aliphatic carbocycles. The summed E-state index contributed by atoms with van der Waals surface area (Å²) in [6, 6.07) is 8.09. The molecule has 3 rings (SSSR count). The average molecular weight is 452 g/mol. The Labute approximate surface area is 160 Å². The predicted octanol–water partition coefficient (Wildman–Crippen LogP) is 4.19. The first-order chi connectivity index (χ1) is 12.1. The van der Waals surface area contributed by atoms with Gasteiger partial charge in [0.2, 0.25) is 0 Å². The molecule has 0 aliphatic heterocycles. The Kier molecular flexibility index (Phi) is 5.31. The van der Waals surface area contributed by atoms with Crippen molar-refractivity contribution >= 4 is 39.3 Å². The number of rotatable bonds is 6. The Morgan fingerprint density at radius 2 is 1.92 bits per heavy atom. The number of hydrogen-bond acceptors (Lipinski definition) is 5. The maximum atomic E-state index is 5.59. The second-order valence-corrected chi connectivity index (χ2v) is 6.67. The van der Waals surface area contributed by atoms with E-state index in [-0.39, 0.29) is 0 Å². The van der Waals surface area contributed by atoms with Crippen LogP contribution in [0.2, 0.25) is 0 Å². The fourth-order valence-electron chi connectivity index (χ4n) is 2.72. The summed E-state index contributed by atoms with van der Waals surface area (Å²) in [5, 5.41) is 8.81. The number of halogens is 1. The van der Waals surface area contributed by atoms with Crippen LogP contribution >= 0.6 is 22.6 Å². The van der Waals surface area contributed by atoms with Gasteiger partial charge in [-0.15, -0.1) is 5.10 Å². The quantitative estimate of drug-likeness (QED) is 0.449. The lowest BCUT2D eigenvalue weighted by molar-refractivity contribution is 0.411. The van der Waals surface area contributed by atoms with Crippen molar-refractivity contribution in [3.63, 3.8) is 0 Å². The van der Waals surface area contributed by atoms with Gasteiger partial charge in [0.1, 0.15) is 17.3 Å². The molecule has 0 unspecified atom stereocenters. The summed E-state index contributed by atoms with van der Waals surface area (Å²) in [7, 11) is 3.34. The van der Waals surface area contributed by atoms with E-state index in [4.69, 9.17) is 14.5 Å². The minimum atomic E-state index is 0.317. The lowest BCUT2D eigenvalue weighted by atomic mass is 10.1. The SMILES string of the molecule is COc1ccc2c(OC)cc(-n3ccc(NC(C)C)n3)nc2c1CI. The molecule has 1 aromatic carbocycles. The maximum absolute atomic E-state index is 5.59. The van der Waals surface area contributed by atoms with E-state index in [1.54, 1.807) is 18.9 Å². The first kappa shape index (κ1) is 17.8. The lowest BCUT2D eigenvalue weighted by Crippen LogP contribution is -2.10. The third kappa shape index (κ3) is 3.51. The van der Waals surface area contributed by atoms with Crippen LogP contribution in [0.15, 0.2) is 30.5 Å². The Hall–Kier alpha value is -2.03. The number of anilines is 1. The molecular formula is C18H21IN4O2. The number of benzene rings is 1. The molecule has 0 spiro atoms. The number of fused-ring (bicyclic) bond motifs is 1. The maximum Gasteiger partial charge on any atom is 0.157 e. The third-order valence-corrected chi connectivity index (χ3v) is 4.59. The van der Waals surface area contributed by atoms with E-state index in [0.29, 0.717) is 11.9 Å². The molecular weight excluding hydrogens is 431 g/mol. The monoisotopic (exact) mass is 452 g/mol. The van der Waals surface area contributed by atoms with E-state index < -0.39 is 0 Å². The normalized spacial score (nSPS) is 11.1. The zero-order valence-electron chi connectivity index (χ0n) is 14.7. The summed E-state index contributed by atoms with van der Waals surface area (Å²) < 4.78 is 13.6. The smallest absolute Gasteiger partial charge is 0.157 e. The molecule has 0 saturated heterocycles. The molecule has 0 aliphatic rings. The number of nitrogens with one attached hydrogen (secondary N) is 1. The highest BCUT2D eigenvalue weighted by atomic mass is 127. The Bertz CT molecular complexity index is 892. The van der Waals surface area contributed by atoms with Crippen molar-refractivity contribution in [1.29, 1.82) is 0 Å². The first-order valence-corrected chi connectivity index (χ1v) is 9.53. The predicted molar refractivity (Wildman–Crippen MR) is 108 cm³/mol. The molecule has 0 radical (unpaired) electrons. The topological polar surface area (TPSA) is 61.2 Å². The van der Waals surface area contributed by atoms with Crippen molar-refractivity contribution in [1.82, 2.24) is 14.8 Å². The number of pyridine rings is 1. The number of alkyl halides is 1. The van der Waals surface area contributed by atoms with Crippen molar-refractivity contribution in [3.05, 3.63) is 36.0 Å². The zero-order chi connectivity index (χ0) is 18.0. The van der Waals surface area contributed by atoms with Gasteiger partial charge in [-0.1, -0.05) is 22.6 Å². The van der Waals surface area contributed by atoms with Gasteiger partial charge in [0.25, 0.3) is 0 Å². The lowest BCUT2D eigenvalue weighted by Gasteiger charge is -2.13. The van der Waals surface area contributed by atoms with Gasteiger partial charge in [-0.05, 0) is 26.0 Å². The number of hydrogen-bond donors (Lipinski definition) is 1. The Morgan fingerprint density at radius 1 is 1.16 bits per heavy atom. The number of aromatic nitrogens is 3. The molecule has 132 valence electrons. The number of ether oxygens (including phenoxy) is 2. The number of nitrogens with zero attached hydrogens (tertiary/aromatic N) is 3. The summed E-state index contributed by atoms with van der Waals surface area (Å²) in [6.07, 6.45) is 1.89. The fourth-order valence-corrected chi connectivity index (χ4v) is 3.45. The summed E-state index contributed by atoms with van der Waals surface area (Å²) in [5.41, 5.74) is 1.92. The van der Waals surface area contributed by atoms with Crippen LogP contribution in [0.4, 0.5) is 5.82 Å². The minimum absolute atomic E-state index is 0.317. The second-order valence-electron chi connectivity index (χ2n) is 5.90. The molecule has 1 N–H and O–H groups in total. The van der Waals surface area contributed by atoms with E-state index in [2.05, 4.69) is 46.9 Å². The summed E-state index contributed by atoms with van der Waals surface area (Å²) in [4.78, 5) is 4.83. The average Bonchev–Trinajstić information content (AvgIpc) is 3.07. The molecule has 0 fully saturated rings. The Balaban J connectivity index is 2.17. The van der Waals surface area contributed by atoms with Crippen molar-refractivity contribution in [2.75, 3.05) is 19.5 Å². The van der Waals surface area contributed by atoms with Gasteiger partial charge < -0.3 is 14.8 Å². The summed E-state index contributed by atoms with van der Waals surface area (Å²) in [6.45, 7) is 4.16. The Morgan fingerprint density at radius 3 is 2.56 bits per heavy atom.